The largest absolute Gasteiger partial charge is 0.334 e. The van der Waals surface area contributed by atoms with Crippen molar-refractivity contribution in [3.8, 4) is 0 Å². The highest BCUT2D eigenvalue weighted by molar-refractivity contribution is 5.98. The average Bonchev–Trinajstić information content (AvgIpc) is 2.81. The van der Waals surface area contributed by atoms with E-state index in [2.05, 4.69) is 29.7 Å². The fourth-order valence-electron chi connectivity index (χ4n) is 3.87. The molecule has 1 heterocycles. The van der Waals surface area contributed by atoms with Crippen LogP contribution in [0.3, 0.4) is 0 Å². The van der Waals surface area contributed by atoms with Crippen LogP contribution >= 0.6 is 0 Å². The summed E-state index contributed by atoms with van der Waals surface area (Å²) in [7, 11) is 0. The van der Waals surface area contributed by atoms with Gasteiger partial charge in [0, 0.05) is 19.0 Å². The van der Waals surface area contributed by atoms with Crippen molar-refractivity contribution in [3.63, 3.8) is 0 Å². The molecule has 1 saturated carbocycles. The molecule has 2 aliphatic rings. The number of carbonyl (C=O) groups is 3. The number of nitrogens with one attached hydrogen (secondary N) is 2. The fourth-order valence-corrected chi connectivity index (χ4v) is 3.87. The number of benzene rings is 1. The molecule has 1 saturated heterocycles. The molecule has 6 nitrogen and oxygen atoms in total. The summed E-state index contributed by atoms with van der Waals surface area (Å²) < 4.78 is 0. The van der Waals surface area contributed by atoms with Gasteiger partial charge in [-0.2, -0.15) is 0 Å². The van der Waals surface area contributed by atoms with E-state index in [1.165, 1.54) is 6.42 Å². The van der Waals surface area contributed by atoms with Gasteiger partial charge in [-0.1, -0.05) is 43.5 Å². The lowest BCUT2D eigenvalue weighted by atomic mass is 9.92. The van der Waals surface area contributed by atoms with Crippen LogP contribution in [0.4, 0.5) is 4.79 Å². The second kappa shape index (κ2) is 8.34. The predicted molar refractivity (Wildman–Crippen MR) is 98.3 cm³/mol. The zero-order valence-corrected chi connectivity index (χ0v) is 15.3. The lowest BCUT2D eigenvalue weighted by molar-refractivity contribution is -0.137. The van der Waals surface area contributed by atoms with Crippen LogP contribution in [0.1, 0.15) is 56.1 Å². The first-order chi connectivity index (χ1) is 12.5. The molecule has 0 bridgehead atoms. The Hall–Kier alpha value is -2.37. The fraction of sp³-hybridized carbons (Fsp3) is 0.550. The summed E-state index contributed by atoms with van der Waals surface area (Å²) in [6, 6.07) is 7.05. The van der Waals surface area contributed by atoms with Crippen LogP contribution in [-0.4, -0.2) is 34.8 Å². The van der Waals surface area contributed by atoms with Gasteiger partial charge in [0.1, 0.15) is 6.04 Å². The van der Waals surface area contributed by atoms with Gasteiger partial charge < -0.3 is 10.2 Å². The van der Waals surface area contributed by atoms with E-state index in [-0.39, 0.29) is 24.3 Å². The summed E-state index contributed by atoms with van der Waals surface area (Å²) in [4.78, 5) is 38.6. The number of amides is 4. The third-order valence-corrected chi connectivity index (χ3v) is 5.42. The van der Waals surface area contributed by atoms with E-state index in [9.17, 15) is 14.4 Å². The monoisotopic (exact) mass is 357 g/mol. The van der Waals surface area contributed by atoms with E-state index >= 15 is 0 Å². The number of nitrogens with zero attached hydrogens (tertiary/aromatic N) is 1. The number of aryl methyl sites for hydroxylation is 1. The van der Waals surface area contributed by atoms with E-state index in [1.807, 2.05) is 17.0 Å². The SMILES string of the molecule is Cc1ccccc1CN(C(=O)C1CCC(=O)NC(=O)N1)C1CCCCC1. The number of hydrogen-bond donors (Lipinski definition) is 2. The van der Waals surface area contributed by atoms with Crippen molar-refractivity contribution >= 4 is 17.8 Å². The normalized spacial score (nSPS) is 21.5. The molecule has 140 valence electrons. The first-order valence-corrected chi connectivity index (χ1v) is 9.50. The first kappa shape index (κ1) is 18.4. The Balaban J connectivity index is 1.81. The van der Waals surface area contributed by atoms with Crippen LogP contribution in [0.2, 0.25) is 0 Å². The standard InChI is InChI=1S/C20H27N3O3/c1-14-7-5-6-8-15(14)13-23(16-9-3-2-4-10-16)19(25)17-11-12-18(24)22-20(26)21-17/h5-8,16-17H,2-4,9-13H2,1H3,(H2,21,22,24,26). The van der Waals surface area contributed by atoms with E-state index in [0.717, 1.165) is 36.8 Å². The van der Waals surface area contributed by atoms with Crippen LogP contribution in [0.25, 0.3) is 0 Å². The molecule has 26 heavy (non-hydrogen) atoms. The minimum atomic E-state index is -0.646. The summed E-state index contributed by atoms with van der Waals surface area (Å²) in [5.41, 5.74) is 2.28. The van der Waals surface area contributed by atoms with Crippen molar-refractivity contribution in [1.82, 2.24) is 15.5 Å². The molecule has 1 aromatic carbocycles. The van der Waals surface area contributed by atoms with E-state index in [4.69, 9.17) is 0 Å². The lowest BCUT2D eigenvalue weighted by Crippen LogP contribution is -2.52. The van der Waals surface area contributed by atoms with Gasteiger partial charge in [0.25, 0.3) is 0 Å². The lowest BCUT2D eigenvalue weighted by Gasteiger charge is -2.37. The van der Waals surface area contributed by atoms with E-state index in [1.54, 1.807) is 0 Å². The molecule has 1 unspecified atom stereocenters. The second-order valence-corrected chi connectivity index (χ2v) is 7.30. The molecule has 0 spiro atoms. The summed E-state index contributed by atoms with van der Waals surface area (Å²) in [6.07, 6.45) is 5.97. The molecule has 2 N–H and O–H groups in total. The molecule has 3 rings (SSSR count). The Labute approximate surface area is 154 Å². The molecule has 0 radical (unpaired) electrons. The van der Waals surface area contributed by atoms with Crippen molar-refractivity contribution in [2.24, 2.45) is 0 Å². The topological polar surface area (TPSA) is 78.5 Å². The van der Waals surface area contributed by atoms with Crippen LogP contribution < -0.4 is 10.6 Å². The number of rotatable bonds is 4. The van der Waals surface area contributed by atoms with Gasteiger partial charge in [0.05, 0.1) is 0 Å². The summed E-state index contributed by atoms with van der Waals surface area (Å²) in [5, 5.41) is 4.91. The maximum absolute atomic E-state index is 13.3. The summed E-state index contributed by atoms with van der Waals surface area (Å²) in [6.45, 7) is 2.60. The molecule has 1 aliphatic carbocycles. The van der Waals surface area contributed by atoms with Gasteiger partial charge in [0.15, 0.2) is 0 Å². The van der Waals surface area contributed by atoms with E-state index in [0.29, 0.717) is 13.0 Å². The van der Waals surface area contributed by atoms with Crippen molar-refractivity contribution in [2.45, 2.75) is 70.5 Å². The highest BCUT2D eigenvalue weighted by Gasteiger charge is 2.33. The van der Waals surface area contributed by atoms with Gasteiger partial charge in [-0.05, 0) is 37.3 Å². The Morgan fingerprint density at radius 1 is 1.12 bits per heavy atom. The molecule has 1 aliphatic heterocycles. The number of urea groups is 1. The van der Waals surface area contributed by atoms with Gasteiger partial charge in [-0.25, -0.2) is 4.79 Å². The van der Waals surface area contributed by atoms with Crippen LogP contribution in [-0.2, 0) is 16.1 Å². The first-order valence-electron chi connectivity index (χ1n) is 9.50. The van der Waals surface area contributed by atoms with Gasteiger partial charge >= 0.3 is 6.03 Å². The molecule has 0 aromatic heterocycles. The Kier molecular flexibility index (Phi) is 5.91. The van der Waals surface area contributed by atoms with Crippen molar-refractivity contribution in [1.29, 1.82) is 0 Å². The molecule has 4 amide bonds. The Bertz CT molecular complexity index is 683. The van der Waals surface area contributed by atoms with Gasteiger partial charge in [-0.3, -0.25) is 14.9 Å². The molecule has 2 fully saturated rings. The molecular weight excluding hydrogens is 330 g/mol. The highest BCUT2D eigenvalue weighted by Crippen LogP contribution is 2.26. The third kappa shape index (κ3) is 4.42. The van der Waals surface area contributed by atoms with Gasteiger partial charge in [-0.15, -0.1) is 0 Å². The zero-order valence-electron chi connectivity index (χ0n) is 15.3. The number of imide groups is 1. The summed E-state index contributed by atoms with van der Waals surface area (Å²) in [5.74, 6) is -0.411. The minimum absolute atomic E-state index is 0.0787. The molecule has 6 heteroatoms. The quantitative estimate of drug-likeness (QED) is 0.869. The number of carbonyl (C=O) groups excluding carboxylic acids is 3. The summed E-state index contributed by atoms with van der Waals surface area (Å²) >= 11 is 0. The van der Waals surface area contributed by atoms with Crippen molar-refractivity contribution < 1.29 is 14.4 Å². The maximum Gasteiger partial charge on any atom is 0.322 e. The van der Waals surface area contributed by atoms with Crippen LogP contribution in [0.5, 0.6) is 0 Å². The Morgan fingerprint density at radius 3 is 2.58 bits per heavy atom. The maximum atomic E-state index is 13.3. The number of hydrogen-bond acceptors (Lipinski definition) is 3. The predicted octanol–water partition coefficient (Wildman–Crippen LogP) is 2.64. The zero-order chi connectivity index (χ0) is 18.5. The third-order valence-electron chi connectivity index (χ3n) is 5.42. The molecule has 1 aromatic rings. The second-order valence-electron chi connectivity index (χ2n) is 7.30. The molecular formula is C20H27N3O3. The molecule has 1 atom stereocenters. The van der Waals surface area contributed by atoms with Crippen LogP contribution in [0, 0.1) is 6.92 Å². The Morgan fingerprint density at radius 2 is 1.85 bits per heavy atom. The minimum Gasteiger partial charge on any atom is -0.334 e. The van der Waals surface area contributed by atoms with Gasteiger partial charge in [0.2, 0.25) is 11.8 Å². The highest BCUT2D eigenvalue weighted by atomic mass is 16.2. The van der Waals surface area contributed by atoms with E-state index < -0.39 is 12.1 Å². The van der Waals surface area contributed by atoms with Crippen LogP contribution in [0.15, 0.2) is 24.3 Å². The average molecular weight is 357 g/mol. The van der Waals surface area contributed by atoms with Crippen molar-refractivity contribution in [3.05, 3.63) is 35.4 Å². The smallest absolute Gasteiger partial charge is 0.322 e. The van der Waals surface area contributed by atoms with Crippen molar-refractivity contribution in [2.75, 3.05) is 0 Å².